The molecule has 2 rings (SSSR count). The van der Waals surface area contributed by atoms with Gasteiger partial charge < -0.3 is 9.84 Å². The standard InChI is InChI=1S/C14H16N2O4/c1-2-20-10-6-3-9(4-7-10)5-8-11-12(17)15-14(19)16-13(11)18/h3-4,6-7H,2,5,8H2,1H3,(H3,15,16,17,18,19). The molecule has 1 heterocycles. The number of rotatable bonds is 5. The fraction of sp³-hybridized carbons (Fsp3) is 0.286. The molecule has 6 nitrogen and oxygen atoms in total. The Morgan fingerprint density at radius 2 is 1.80 bits per heavy atom. The van der Waals surface area contributed by atoms with Crippen molar-refractivity contribution >= 4 is 0 Å². The topological polar surface area (TPSA) is 95.2 Å². The minimum absolute atomic E-state index is 0.179. The first-order chi connectivity index (χ1) is 9.60. The second kappa shape index (κ2) is 6.10. The summed E-state index contributed by atoms with van der Waals surface area (Å²) in [6, 6.07) is 7.52. The predicted molar refractivity (Wildman–Crippen MR) is 74.4 cm³/mol. The molecule has 0 bridgehead atoms. The number of hydrogen-bond acceptors (Lipinski definition) is 4. The fourth-order valence-corrected chi connectivity index (χ4v) is 1.92. The average molecular weight is 276 g/mol. The molecule has 0 unspecified atom stereocenters. The van der Waals surface area contributed by atoms with Crippen LogP contribution in [0.2, 0.25) is 0 Å². The molecule has 0 saturated carbocycles. The van der Waals surface area contributed by atoms with E-state index in [1.54, 1.807) is 0 Å². The summed E-state index contributed by atoms with van der Waals surface area (Å²) in [4.78, 5) is 26.8. The normalized spacial score (nSPS) is 10.4. The van der Waals surface area contributed by atoms with Gasteiger partial charge in [-0.1, -0.05) is 12.1 Å². The first kappa shape index (κ1) is 13.9. The Morgan fingerprint density at radius 1 is 1.10 bits per heavy atom. The maximum atomic E-state index is 11.6. The van der Waals surface area contributed by atoms with Crippen LogP contribution in [0.3, 0.4) is 0 Å². The van der Waals surface area contributed by atoms with Crippen LogP contribution < -0.4 is 16.0 Å². The molecule has 0 radical (unpaired) electrons. The Morgan fingerprint density at radius 3 is 2.40 bits per heavy atom. The van der Waals surface area contributed by atoms with Crippen molar-refractivity contribution in [1.29, 1.82) is 0 Å². The molecule has 0 aliphatic rings. The molecule has 0 aliphatic carbocycles. The van der Waals surface area contributed by atoms with E-state index >= 15 is 0 Å². The van der Waals surface area contributed by atoms with Crippen LogP contribution in [0.25, 0.3) is 0 Å². The number of nitrogens with one attached hydrogen (secondary N) is 2. The highest BCUT2D eigenvalue weighted by Crippen LogP contribution is 2.15. The van der Waals surface area contributed by atoms with Crippen LogP contribution in [0.5, 0.6) is 11.6 Å². The molecule has 0 aliphatic heterocycles. The molecule has 0 atom stereocenters. The molecule has 20 heavy (non-hydrogen) atoms. The Labute approximate surface area is 115 Å². The Balaban J connectivity index is 2.09. The van der Waals surface area contributed by atoms with Crippen molar-refractivity contribution in [2.75, 3.05) is 6.61 Å². The highest BCUT2D eigenvalue weighted by atomic mass is 16.5. The van der Waals surface area contributed by atoms with Crippen LogP contribution in [-0.4, -0.2) is 21.7 Å². The first-order valence-corrected chi connectivity index (χ1v) is 6.36. The van der Waals surface area contributed by atoms with Crippen LogP contribution in [-0.2, 0) is 12.8 Å². The Kier molecular flexibility index (Phi) is 4.24. The summed E-state index contributed by atoms with van der Waals surface area (Å²) in [5.74, 6) is 0.422. The highest BCUT2D eigenvalue weighted by Gasteiger charge is 2.08. The van der Waals surface area contributed by atoms with Gasteiger partial charge in [0.25, 0.3) is 5.56 Å². The van der Waals surface area contributed by atoms with E-state index in [1.807, 2.05) is 31.2 Å². The molecule has 0 fully saturated rings. The van der Waals surface area contributed by atoms with Gasteiger partial charge in [-0.05, 0) is 37.5 Å². The van der Waals surface area contributed by atoms with Crippen LogP contribution in [0.4, 0.5) is 0 Å². The molecular formula is C14H16N2O4. The molecule has 3 N–H and O–H groups in total. The van der Waals surface area contributed by atoms with Crippen molar-refractivity contribution in [3.63, 3.8) is 0 Å². The van der Waals surface area contributed by atoms with Gasteiger partial charge in [0.2, 0.25) is 5.88 Å². The largest absolute Gasteiger partial charge is 0.494 e. The molecule has 2 aromatic rings. The third-order valence-electron chi connectivity index (χ3n) is 2.92. The van der Waals surface area contributed by atoms with E-state index in [9.17, 15) is 14.7 Å². The molecule has 0 spiro atoms. The zero-order valence-electron chi connectivity index (χ0n) is 11.1. The number of aromatic hydroxyl groups is 1. The van der Waals surface area contributed by atoms with Gasteiger partial charge in [0.15, 0.2) is 0 Å². The molecule has 1 aromatic carbocycles. The summed E-state index contributed by atoms with van der Waals surface area (Å²) in [6.07, 6.45) is 0.918. The number of ether oxygens (including phenoxy) is 1. The van der Waals surface area contributed by atoms with Crippen molar-refractivity contribution in [3.8, 4) is 11.6 Å². The lowest BCUT2D eigenvalue weighted by Gasteiger charge is -2.05. The van der Waals surface area contributed by atoms with Gasteiger partial charge in [0, 0.05) is 0 Å². The van der Waals surface area contributed by atoms with Crippen LogP contribution in [0.15, 0.2) is 33.9 Å². The van der Waals surface area contributed by atoms with Gasteiger partial charge in [-0.15, -0.1) is 0 Å². The summed E-state index contributed by atoms with van der Waals surface area (Å²) < 4.78 is 5.34. The minimum Gasteiger partial charge on any atom is -0.494 e. The zero-order chi connectivity index (χ0) is 14.5. The second-order valence-corrected chi connectivity index (χ2v) is 4.31. The lowest BCUT2D eigenvalue weighted by atomic mass is 10.1. The summed E-state index contributed by atoms with van der Waals surface area (Å²) in [5, 5.41) is 9.57. The number of benzene rings is 1. The first-order valence-electron chi connectivity index (χ1n) is 6.36. The van der Waals surface area contributed by atoms with Gasteiger partial charge >= 0.3 is 5.69 Å². The fourth-order valence-electron chi connectivity index (χ4n) is 1.92. The lowest BCUT2D eigenvalue weighted by molar-refractivity contribution is 0.340. The van der Waals surface area contributed by atoms with Crippen molar-refractivity contribution in [2.45, 2.75) is 19.8 Å². The van der Waals surface area contributed by atoms with E-state index in [0.717, 1.165) is 11.3 Å². The van der Waals surface area contributed by atoms with Crippen molar-refractivity contribution in [3.05, 3.63) is 56.2 Å². The predicted octanol–water partition coefficient (Wildman–Crippen LogP) is 0.953. The van der Waals surface area contributed by atoms with Crippen molar-refractivity contribution in [1.82, 2.24) is 9.97 Å². The quantitative estimate of drug-likeness (QED) is 0.757. The van der Waals surface area contributed by atoms with Crippen LogP contribution in [0, 0.1) is 0 Å². The van der Waals surface area contributed by atoms with Crippen molar-refractivity contribution < 1.29 is 9.84 Å². The summed E-state index contributed by atoms with van der Waals surface area (Å²) in [5.41, 5.74) is -0.0774. The van der Waals surface area contributed by atoms with Gasteiger partial charge in [-0.3, -0.25) is 14.8 Å². The lowest BCUT2D eigenvalue weighted by Crippen LogP contribution is -2.25. The zero-order valence-corrected chi connectivity index (χ0v) is 11.1. The SMILES string of the molecule is CCOc1ccc(CCc2c(O)[nH]c(=O)[nH]c2=O)cc1. The molecule has 1 aromatic heterocycles. The van der Waals surface area contributed by atoms with E-state index in [-0.39, 0.29) is 11.4 Å². The number of hydrogen-bond donors (Lipinski definition) is 3. The molecular weight excluding hydrogens is 260 g/mol. The summed E-state index contributed by atoms with van der Waals surface area (Å²) in [6.45, 7) is 2.53. The van der Waals surface area contributed by atoms with Crippen LogP contribution >= 0.6 is 0 Å². The number of aromatic amines is 2. The number of aromatic nitrogens is 2. The van der Waals surface area contributed by atoms with E-state index in [1.165, 1.54) is 0 Å². The van der Waals surface area contributed by atoms with E-state index in [4.69, 9.17) is 4.74 Å². The van der Waals surface area contributed by atoms with Gasteiger partial charge in [0.1, 0.15) is 5.75 Å². The van der Waals surface area contributed by atoms with Crippen LogP contribution in [0.1, 0.15) is 18.1 Å². The van der Waals surface area contributed by atoms with Gasteiger partial charge in [-0.2, -0.15) is 0 Å². The van der Waals surface area contributed by atoms with E-state index in [2.05, 4.69) is 9.97 Å². The number of H-pyrrole nitrogens is 2. The average Bonchev–Trinajstić information content (AvgIpc) is 2.39. The monoisotopic (exact) mass is 276 g/mol. The minimum atomic E-state index is -0.711. The maximum absolute atomic E-state index is 11.6. The third kappa shape index (κ3) is 3.28. The van der Waals surface area contributed by atoms with Crippen molar-refractivity contribution in [2.24, 2.45) is 0 Å². The van der Waals surface area contributed by atoms with E-state index in [0.29, 0.717) is 19.4 Å². The highest BCUT2D eigenvalue weighted by molar-refractivity contribution is 5.29. The maximum Gasteiger partial charge on any atom is 0.328 e. The molecule has 6 heteroatoms. The Bertz CT molecular complexity index is 686. The second-order valence-electron chi connectivity index (χ2n) is 4.31. The smallest absolute Gasteiger partial charge is 0.328 e. The molecule has 106 valence electrons. The Hall–Kier alpha value is -2.50. The third-order valence-corrected chi connectivity index (χ3v) is 2.92. The summed E-state index contributed by atoms with van der Waals surface area (Å²) in [7, 11) is 0. The molecule has 0 amide bonds. The van der Waals surface area contributed by atoms with E-state index < -0.39 is 11.2 Å². The molecule has 0 saturated heterocycles. The van der Waals surface area contributed by atoms with Gasteiger partial charge in [0.05, 0.1) is 12.2 Å². The number of aryl methyl sites for hydroxylation is 1. The summed E-state index contributed by atoms with van der Waals surface area (Å²) >= 11 is 0. The van der Waals surface area contributed by atoms with Gasteiger partial charge in [-0.25, -0.2) is 4.79 Å².